The summed E-state index contributed by atoms with van der Waals surface area (Å²) in [5.74, 6) is -0.483. The Morgan fingerprint density at radius 3 is 2.70 bits per heavy atom. The fourth-order valence-corrected chi connectivity index (χ4v) is 3.01. The summed E-state index contributed by atoms with van der Waals surface area (Å²) < 4.78 is 30.1. The van der Waals surface area contributed by atoms with Crippen molar-refractivity contribution in [2.75, 3.05) is 7.05 Å². The van der Waals surface area contributed by atoms with E-state index < -0.39 is 15.9 Å². The van der Waals surface area contributed by atoms with Crippen LogP contribution in [0.5, 0.6) is 0 Å². The molecule has 2 rings (SSSR count). The lowest BCUT2D eigenvalue weighted by Crippen LogP contribution is -2.22. The lowest BCUT2D eigenvalue weighted by atomic mass is 10.3. The van der Waals surface area contributed by atoms with Gasteiger partial charge in [-0.15, -0.1) is 11.3 Å². The number of carbonyl (C=O) groups excluding carboxylic acids is 1. The number of carbonyl (C=O) groups is 1. The maximum atomic E-state index is 11.9. The minimum Gasteiger partial charge on any atom is -0.438 e. The highest BCUT2D eigenvalue weighted by Crippen LogP contribution is 2.16. The van der Waals surface area contributed by atoms with E-state index >= 15 is 0 Å². The number of hydrogen-bond donors (Lipinski definition) is 2. The van der Waals surface area contributed by atoms with Crippen LogP contribution in [-0.2, 0) is 16.6 Å². The van der Waals surface area contributed by atoms with Crippen LogP contribution in [-0.4, -0.2) is 21.4 Å². The molecule has 0 aromatic carbocycles. The van der Waals surface area contributed by atoms with E-state index in [2.05, 4.69) is 10.0 Å². The molecule has 2 N–H and O–H groups in total. The number of nitrogens with one attached hydrogen (secondary N) is 2. The van der Waals surface area contributed by atoms with Crippen molar-refractivity contribution in [1.29, 1.82) is 0 Å². The highest BCUT2D eigenvalue weighted by atomic mass is 32.2. The summed E-state index contributed by atoms with van der Waals surface area (Å²) in [7, 11) is -2.40. The number of rotatable bonds is 5. The maximum absolute atomic E-state index is 11.9. The topological polar surface area (TPSA) is 88.4 Å². The summed E-state index contributed by atoms with van der Waals surface area (Å²) in [6.45, 7) is 2.35. The zero-order valence-electron chi connectivity index (χ0n) is 11.0. The van der Waals surface area contributed by atoms with E-state index in [-0.39, 0.29) is 10.9 Å². The number of furan rings is 1. The van der Waals surface area contributed by atoms with Crippen molar-refractivity contribution in [3.63, 3.8) is 0 Å². The summed E-state index contributed by atoms with van der Waals surface area (Å²) in [5.41, 5.74) is 1.10. The van der Waals surface area contributed by atoms with E-state index in [1.54, 1.807) is 11.3 Å². The molecule has 0 aliphatic heterocycles. The van der Waals surface area contributed by atoms with Gasteiger partial charge in [0.05, 0.1) is 6.54 Å². The average Bonchev–Trinajstić information content (AvgIpc) is 3.05. The van der Waals surface area contributed by atoms with Gasteiger partial charge in [0.1, 0.15) is 0 Å². The third kappa shape index (κ3) is 3.09. The average molecular weight is 314 g/mol. The zero-order valence-corrected chi connectivity index (χ0v) is 12.6. The van der Waals surface area contributed by atoms with Crippen molar-refractivity contribution >= 4 is 27.3 Å². The van der Waals surface area contributed by atoms with Crippen molar-refractivity contribution in [3.05, 3.63) is 39.8 Å². The van der Waals surface area contributed by atoms with Crippen LogP contribution in [0.2, 0.25) is 0 Å². The fourth-order valence-electron chi connectivity index (χ4n) is 1.52. The van der Waals surface area contributed by atoms with Crippen LogP contribution in [0.4, 0.5) is 0 Å². The Bertz CT molecular complexity index is 715. The normalized spacial score (nSPS) is 11.5. The van der Waals surface area contributed by atoms with Gasteiger partial charge in [0.25, 0.3) is 15.9 Å². The molecule has 0 fully saturated rings. The van der Waals surface area contributed by atoms with Crippen LogP contribution >= 0.6 is 11.3 Å². The predicted molar refractivity (Wildman–Crippen MR) is 75.2 cm³/mol. The third-order valence-corrected chi connectivity index (χ3v) is 5.03. The maximum Gasteiger partial charge on any atom is 0.287 e. The van der Waals surface area contributed by atoms with E-state index in [1.165, 1.54) is 19.2 Å². The van der Waals surface area contributed by atoms with E-state index in [1.807, 2.05) is 18.4 Å². The Morgan fingerprint density at radius 1 is 1.35 bits per heavy atom. The molecule has 2 aromatic heterocycles. The van der Waals surface area contributed by atoms with Gasteiger partial charge in [-0.05, 0) is 43.1 Å². The van der Waals surface area contributed by atoms with Crippen molar-refractivity contribution in [2.45, 2.75) is 18.6 Å². The molecule has 8 heteroatoms. The van der Waals surface area contributed by atoms with Crippen LogP contribution in [0.15, 0.2) is 33.1 Å². The highest BCUT2D eigenvalue weighted by Gasteiger charge is 2.19. The van der Waals surface area contributed by atoms with Gasteiger partial charge in [-0.25, -0.2) is 13.1 Å². The Labute approximate surface area is 120 Å². The highest BCUT2D eigenvalue weighted by molar-refractivity contribution is 7.89. The first-order valence-corrected chi connectivity index (χ1v) is 8.15. The second kappa shape index (κ2) is 5.78. The predicted octanol–water partition coefficient (Wildman–Crippen LogP) is 1.49. The molecule has 0 saturated heterocycles. The number of thiophene rings is 1. The monoisotopic (exact) mass is 314 g/mol. The van der Waals surface area contributed by atoms with Crippen molar-refractivity contribution in [2.24, 2.45) is 0 Å². The van der Waals surface area contributed by atoms with Crippen molar-refractivity contribution in [1.82, 2.24) is 10.0 Å². The zero-order chi connectivity index (χ0) is 14.8. The van der Waals surface area contributed by atoms with Gasteiger partial charge >= 0.3 is 0 Å². The van der Waals surface area contributed by atoms with Crippen LogP contribution in [0, 0.1) is 6.92 Å². The lowest BCUT2D eigenvalue weighted by molar-refractivity contribution is 0.0918. The van der Waals surface area contributed by atoms with Gasteiger partial charge < -0.3 is 9.73 Å². The molecule has 0 spiro atoms. The van der Waals surface area contributed by atoms with Gasteiger partial charge in [-0.1, -0.05) is 0 Å². The summed E-state index contributed by atoms with van der Waals surface area (Å²) in [6, 6.07) is 4.55. The van der Waals surface area contributed by atoms with Crippen LogP contribution in [0.3, 0.4) is 0 Å². The molecule has 6 nitrogen and oxygen atoms in total. The quantitative estimate of drug-likeness (QED) is 0.875. The molecule has 0 aliphatic rings. The lowest BCUT2D eigenvalue weighted by Gasteiger charge is -2.02. The first kappa shape index (κ1) is 14.8. The molecule has 2 aromatic rings. The Balaban J connectivity index is 2.05. The molecule has 0 aliphatic carbocycles. The van der Waals surface area contributed by atoms with Crippen molar-refractivity contribution < 1.29 is 17.6 Å². The smallest absolute Gasteiger partial charge is 0.287 e. The van der Waals surface area contributed by atoms with Gasteiger partial charge in [-0.2, -0.15) is 0 Å². The summed E-state index contributed by atoms with van der Waals surface area (Å²) in [4.78, 5) is 12.9. The molecular formula is C12H14N2O4S2. The largest absolute Gasteiger partial charge is 0.438 e. The second-order valence-corrected chi connectivity index (χ2v) is 6.85. The molecule has 108 valence electrons. The molecule has 20 heavy (non-hydrogen) atoms. The van der Waals surface area contributed by atoms with Gasteiger partial charge in [0.15, 0.2) is 5.76 Å². The SMILES string of the molecule is CNS(=O)(=O)c1ccc(C(=O)NCc2sccc2C)o1. The van der Waals surface area contributed by atoms with Gasteiger partial charge in [-0.3, -0.25) is 4.79 Å². The van der Waals surface area contributed by atoms with E-state index in [0.29, 0.717) is 6.54 Å². The minimum atomic E-state index is -3.67. The standard InChI is InChI=1S/C12H14N2O4S2/c1-8-5-6-19-10(8)7-14-12(15)9-3-4-11(18-9)20(16,17)13-2/h3-6,13H,7H2,1-2H3,(H,14,15). The molecule has 0 radical (unpaired) electrons. The Morgan fingerprint density at radius 2 is 2.10 bits per heavy atom. The summed E-state index contributed by atoms with van der Waals surface area (Å²) in [5, 5.41) is 4.35. The molecular weight excluding hydrogens is 300 g/mol. The van der Waals surface area contributed by atoms with Crippen molar-refractivity contribution in [3.8, 4) is 0 Å². The van der Waals surface area contributed by atoms with E-state index in [4.69, 9.17) is 4.42 Å². The number of sulfonamides is 1. The number of hydrogen-bond acceptors (Lipinski definition) is 5. The molecule has 0 unspecified atom stereocenters. The fraction of sp³-hybridized carbons (Fsp3) is 0.250. The van der Waals surface area contributed by atoms with Gasteiger partial charge in [0.2, 0.25) is 5.09 Å². The first-order valence-electron chi connectivity index (χ1n) is 5.78. The van der Waals surface area contributed by atoms with Crippen LogP contribution in [0.1, 0.15) is 21.0 Å². The van der Waals surface area contributed by atoms with E-state index in [0.717, 1.165) is 10.4 Å². The third-order valence-electron chi connectivity index (χ3n) is 2.72. The van der Waals surface area contributed by atoms with Crippen LogP contribution < -0.4 is 10.0 Å². The van der Waals surface area contributed by atoms with Gasteiger partial charge in [0, 0.05) is 4.88 Å². The summed E-state index contributed by atoms with van der Waals surface area (Å²) in [6.07, 6.45) is 0. The Kier molecular flexibility index (Phi) is 4.26. The Hall–Kier alpha value is -1.64. The molecule has 0 bridgehead atoms. The second-order valence-electron chi connectivity index (χ2n) is 4.04. The van der Waals surface area contributed by atoms with E-state index in [9.17, 15) is 13.2 Å². The first-order chi connectivity index (χ1) is 9.44. The minimum absolute atomic E-state index is 0.0342. The summed E-state index contributed by atoms with van der Waals surface area (Å²) >= 11 is 1.55. The molecule has 2 heterocycles. The number of amides is 1. The molecule has 0 saturated carbocycles. The molecule has 0 atom stereocenters. The van der Waals surface area contributed by atoms with Crippen LogP contribution in [0.25, 0.3) is 0 Å². The number of aryl methyl sites for hydroxylation is 1. The molecule has 1 amide bonds.